The average Bonchev–Trinajstić information content (AvgIpc) is 2.17. The van der Waals surface area contributed by atoms with Gasteiger partial charge >= 0.3 is 0 Å². The Morgan fingerprint density at radius 1 is 1.53 bits per heavy atom. The van der Waals surface area contributed by atoms with Crippen LogP contribution in [0.3, 0.4) is 0 Å². The molecule has 0 spiro atoms. The van der Waals surface area contributed by atoms with Gasteiger partial charge in [0.25, 0.3) is 0 Å². The number of aromatic nitrogens is 2. The van der Waals surface area contributed by atoms with Gasteiger partial charge in [0.1, 0.15) is 16.7 Å². The summed E-state index contributed by atoms with van der Waals surface area (Å²) in [4.78, 5) is 8.47. The second-order valence-electron chi connectivity index (χ2n) is 3.34. The fourth-order valence-corrected chi connectivity index (χ4v) is 2.14. The van der Waals surface area contributed by atoms with Gasteiger partial charge in [-0.15, -0.1) is 11.8 Å². The molecule has 0 aliphatic rings. The number of aliphatic hydroxyl groups is 1. The van der Waals surface area contributed by atoms with Gasteiger partial charge in [-0.2, -0.15) is 0 Å². The molecule has 84 valence electrons. The third kappa shape index (κ3) is 4.05. The van der Waals surface area contributed by atoms with Crippen LogP contribution in [-0.2, 0) is 6.42 Å². The Balaban J connectivity index is 2.71. The first-order chi connectivity index (χ1) is 7.15. The highest BCUT2D eigenvalue weighted by Gasteiger charge is 2.07. The lowest BCUT2D eigenvalue weighted by molar-refractivity contribution is 0.289. The number of aryl methyl sites for hydroxylation is 1. The lowest BCUT2D eigenvalue weighted by Crippen LogP contribution is -2.03. The highest BCUT2D eigenvalue weighted by molar-refractivity contribution is 7.99. The maximum Gasteiger partial charge on any atom is 0.131 e. The van der Waals surface area contributed by atoms with Gasteiger partial charge in [0.05, 0.1) is 0 Å². The van der Waals surface area contributed by atoms with Crippen molar-refractivity contribution in [1.82, 2.24) is 9.97 Å². The van der Waals surface area contributed by atoms with Gasteiger partial charge in [0.2, 0.25) is 0 Å². The second kappa shape index (κ2) is 5.92. The van der Waals surface area contributed by atoms with Crippen LogP contribution in [-0.4, -0.2) is 26.9 Å². The standard InChI is InChI=1S/C10H17N3OS/c1-3-9-12-8(11)6-10(13-9)15-7(2)4-5-14/h6-7,14H,3-5H2,1-2H3,(H2,11,12,13). The molecule has 5 heteroatoms. The summed E-state index contributed by atoms with van der Waals surface area (Å²) in [6.45, 7) is 4.26. The van der Waals surface area contributed by atoms with E-state index >= 15 is 0 Å². The number of rotatable bonds is 5. The Bertz CT molecular complexity index is 320. The van der Waals surface area contributed by atoms with Crippen LogP contribution in [0.5, 0.6) is 0 Å². The van der Waals surface area contributed by atoms with Crippen LogP contribution in [0.2, 0.25) is 0 Å². The summed E-state index contributed by atoms with van der Waals surface area (Å²) in [5, 5.41) is 10.0. The maximum atomic E-state index is 8.80. The summed E-state index contributed by atoms with van der Waals surface area (Å²) in [5.41, 5.74) is 5.67. The normalized spacial score (nSPS) is 12.7. The van der Waals surface area contributed by atoms with Crippen molar-refractivity contribution in [2.45, 2.75) is 37.0 Å². The Morgan fingerprint density at radius 3 is 2.87 bits per heavy atom. The van der Waals surface area contributed by atoms with Gasteiger partial charge in [0.15, 0.2) is 0 Å². The lowest BCUT2D eigenvalue weighted by Gasteiger charge is -2.09. The van der Waals surface area contributed by atoms with E-state index in [2.05, 4.69) is 16.9 Å². The molecule has 0 saturated carbocycles. The van der Waals surface area contributed by atoms with E-state index in [4.69, 9.17) is 10.8 Å². The molecule has 0 aliphatic heterocycles. The monoisotopic (exact) mass is 227 g/mol. The zero-order chi connectivity index (χ0) is 11.3. The molecule has 15 heavy (non-hydrogen) atoms. The van der Waals surface area contributed by atoms with E-state index in [-0.39, 0.29) is 6.61 Å². The molecule has 1 atom stereocenters. The zero-order valence-corrected chi connectivity index (χ0v) is 9.92. The largest absolute Gasteiger partial charge is 0.396 e. The van der Waals surface area contributed by atoms with Crippen molar-refractivity contribution >= 4 is 17.6 Å². The summed E-state index contributed by atoms with van der Waals surface area (Å²) < 4.78 is 0. The van der Waals surface area contributed by atoms with Crippen LogP contribution in [0.15, 0.2) is 11.1 Å². The van der Waals surface area contributed by atoms with E-state index in [9.17, 15) is 0 Å². The van der Waals surface area contributed by atoms with Gasteiger partial charge in [-0.25, -0.2) is 9.97 Å². The van der Waals surface area contributed by atoms with Crippen molar-refractivity contribution in [2.75, 3.05) is 12.3 Å². The smallest absolute Gasteiger partial charge is 0.131 e. The minimum atomic E-state index is 0.204. The molecule has 0 bridgehead atoms. The maximum absolute atomic E-state index is 8.80. The molecule has 0 aromatic carbocycles. The number of hydrogen-bond acceptors (Lipinski definition) is 5. The minimum absolute atomic E-state index is 0.204. The summed E-state index contributed by atoms with van der Waals surface area (Å²) in [6.07, 6.45) is 1.54. The molecule has 0 fully saturated rings. The fraction of sp³-hybridized carbons (Fsp3) is 0.600. The SMILES string of the molecule is CCc1nc(N)cc(SC(C)CCO)n1. The number of nitrogen functional groups attached to an aromatic ring is 1. The first-order valence-corrected chi connectivity index (χ1v) is 5.94. The second-order valence-corrected chi connectivity index (χ2v) is 4.80. The van der Waals surface area contributed by atoms with Crippen LogP contribution >= 0.6 is 11.8 Å². The van der Waals surface area contributed by atoms with Crippen molar-refractivity contribution in [3.8, 4) is 0 Å². The third-order valence-corrected chi connectivity index (χ3v) is 3.03. The lowest BCUT2D eigenvalue weighted by atomic mass is 10.3. The van der Waals surface area contributed by atoms with Gasteiger partial charge in [-0.3, -0.25) is 0 Å². The molecular formula is C10H17N3OS. The van der Waals surface area contributed by atoms with E-state index in [1.165, 1.54) is 0 Å². The predicted octanol–water partition coefficient (Wildman–Crippen LogP) is 1.48. The zero-order valence-electron chi connectivity index (χ0n) is 9.10. The van der Waals surface area contributed by atoms with Crippen LogP contribution in [0.25, 0.3) is 0 Å². The first-order valence-electron chi connectivity index (χ1n) is 5.06. The predicted molar refractivity (Wildman–Crippen MR) is 62.8 cm³/mol. The Kier molecular flexibility index (Phi) is 4.84. The van der Waals surface area contributed by atoms with Gasteiger partial charge in [-0.05, 0) is 6.42 Å². The molecular weight excluding hydrogens is 210 g/mol. The highest BCUT2D eigenvalue weighted by atomic mass is 32.2. The van der Waals surface area contributed by atoms with Gasteiger partial charge < -0.3 is 10.8 Å². The number of nitrogens with zero attached hydrogens (tertiary/aromatic N) is 2. The molecule has 3 N–H and O–H groups in total. The molecule has 0 aliphatic carbocycles. The van der Waals surface area contributed by atoms with Crippen LogP contribution in [0.1, 0.15) is 26.1 Å². The minimum Gasteiger partial charge on any atom is -0.396 e. The summed E-state index contributed by atoms with van der Waals surface area (Å²) >= 11 is 1.62. The number of anilines is 1. The Morgan fingerprint density at radius 2 is 2.27 bits per heavy atom. The number of nitrogens with two attached hydrogens (primary N) is 1. The summed E-state index contributed by atoms with van der Waals surface area (Å²) in [6, 6.07) is 1.78. The van der Waals surface area contributed by atoms with Crippen molar-refractivity contribution in [1.29, 1.82) is 0 Å². The molecule has 1 aromatic heterocycles. The van der Waals surface area contributed by atoms with E-state index in [0.717, 1.165) is 23.7 Å². The van der Waals surface area contributed by atoms with Gasteiger partial charge in [0, 0.05) is 24.3 Å². The highest BCUT2D eigenvalue weighted by Crippen LogP contribution is 2.24. The fourth-order valence-electron chi connectivity index (χ4n) is 1.16. The van der Waals surface area contributed by atoms with Crippen LogP contribution < -0.4 is 5.73 Å². The molecule has 4 nitrogen and oxygen atoms in total. The Labute approximate surface area is 94.3 Å². The summed E-state index contributed by atoms with van der Waals surface area (Å²) in [7, 11) is 0. The van der Waals surface area contributed by atoms with Crippen molar-refractivity contribution < 1.29 is 5.11 Å². The van der Waals surface area contributed by atoms with Crippen molar-refractivity contribution in [3.63, 3.8) is 0 Å². The van der Waals surface area contributed by atoms with E-state index in [1.807, 2.05) is 6.92 Å². The molecule has 1 rings (SSSR count). The number of hydrogen-bond donors (Lipinski definition) is 2. The topological polar surface area (TPSA) is 72.0 Å². The molecule has 1 unspecified atom stereocenters. The van der Waals surface area contributed by atoms with Crippen molar-refractivity contribution in [2.24, 2.45) is 0 Å². The van der Waals surface area contributed by atoms with E-state index < -0.39 is 0 Å². The average molecular weight is 227 g/mol. The quantitative estimate of drug-likeness (QED) is 0.589. The first kappa shape index (κ1) is 12.3. The molecule has 1 heterocycles. The van der Waals surface area contributed by atoms with Crippen LogP contribution in [0.4, 0.5) is 5.82 Å². The molecule has 0 saturated heterocycles. The molecule has 0 amide bonds. The van der Waals surface area contributed by atoms with E-state index in [0.29, 0.717) is 11.1 Å². The molecule has 0 radical (unpaired) electrons. The Hall–Kier alpha value is -0.810. The third-order valence-electron chi connectivity index (χ3n) is 1.94. The van der Waals surface area contributed by atoms with Crippen molar-refractivity contribution in [3.05, 3.63) is 11.9 Å². The number of aliphatic hydroxyl groups excluding tert-OH is 1. The molecule has 1 aromatic rings. The van der Waals surface area contributed by atoms with Gasteiger partial charge in [-0.1, -0.05) is 13.8 Å². The number of thioether (sulfide) groups is 1. The van der Waals surface area contributed by atoms with Crippen LogP contribution in [0, 0.1) is 0 Å². The van der Waals surface area contributed by atoms with E-state index in [1.54, 1.807) is 17.8 Å². The summed E-state index contributed by atoms with van der Waals surface area (Å²) in [5.74, 6) is 1.29.